The van der Waals surface area contributed by atoms with E-state index < -0.39 is 0 Å². The molecule has 0 radical (unpaired) electrons. The van der Waals surface area contributed by atoms with Crippen molar-refractivity contribution in [2.45, 2.75) is 6.92 Å². The SMILES string of the molecule is C=C/C=C(C=C)/C=C/c1ccc2cc(C)ccc2c1. The van der Waals surface area contributed by atoms with Crippen molar-refractivity contribution in [2.24, 2.45) is 0 Å². The molecule has 94 valence electrons. The Labute approximate surface area is 115 Å². The van der Waals surface area contributed by atoms with Gasteiger partial charge in [0.2, 0.25) is 0 Å². The van der Waals surface area contributed by atoms with E-state index in [9.17, 15) is 0 Å². The molecule has 0 saturated heterocycles. The molecule has 0 spiro atoms. The molecule has 0 unspecified atom stereocenters. The maximum Gasteiger partial charge on any atom is -0.0178 e. The summed E-state index contributed by atoms with van der Waals surface area (Å²) in [7, 11) is 0. The molecule has 0 aromatic heterocycles. The van der Waals surface area contributed by atoms with Gasteiger partial charge in [-0.25, -0.2) is 0 Å². The largest absolute Gasteiger partial charge is 0.0990 e. The average Bonchev–Trinajstić information content (AvgIpc) is 2.43. The van der Waals surface area contributed by atoms with E-state index >= 15 is 0 Å². The van der Waals surface area contributed by atoms with Crippen LogP contribution >= 0.6 is 0 Å². The van der Waals surface area contributed by atoms with Crippen molar-refractivity contribution < 1.29 is 0 Å². The molecule has 0 amide bonds. The third-order valence-corrected chi connectivity index (χ3v) is 3.03. The summed E-state index contributed by atoms with van der Waals surface area (Å²) in [4.78, 5) is 0. The number of rotatable bonds is 4. The van der Waals surface area contributed by atoms with Gasteiger partial charge in [0.15, 0.2) is 0 Å². The van der Waals surface area contributed by atoms with Crippen LogP contribution in [0.2, 0.25) is 0 Å². The lowest BCUT2D eigenvalue weighted by Gasteiger charge is -2.01. The van der Waals surface area contributed by atoms with E-state index in [1.54, 1.807) is 6.08 Å². The Kier molecular flexibility index (Phi) is 4.15. The number of aryl methyl sites for hydroxylation is 1. The third kappa shape index (κ3) is 3.32. The number of fused-ring (bicyclic) bond motifs is 1. The molecule has 2 rings (SSSR count). The summed E-state index contributed by atoms with van der Waals surface area (Å²) in [5.41, 5.74) is 3.53. The summed E-state index contributed by atoms with van der Waals surface area (Å²) < 4.78 is 0. The Balaban J connectivity index is 2.34. The monoisotopic (exact) mass is 246 g/mol. The van der Waals surface area contributed by atoms with Gasteiger partial charge in [0.1, 0.15) is 0 Å². The maximum absolute atomic E-state index is 3.78. The molecule has 0 aliphatic carbocycles. The lowest BCUT2D eigenvalue weighted by Crippen LogP contribution is -1.78. The summed E-state index contributed by atoms with van der Waals surface area (Å²) in [6.45, 7) is 9.59. The molecule has 0 nitrogen and oxygen atoms in total. The van der Waals surface area contributed by atoms with Crippen molar-refractivity contribution in [3.8, 4) is 0 Å². The predicted molar refractivity (Wildman–Crippen MR) is 86.2 cm³/mol. The van der Waals surface area contributed by atoms with Crippen LogP contribution in [0.3, 0.4) is 0 Å². The van der Waals surface area contributed by atoms with Crippen LogP contribution in [0.25, 0.3) is 16.8 Å². The quantitative estimate of drug-likeness (QED) is 0.628. The zero-order valence-electron chi connectivity index (χ0n) is 11.3. The second-order valence-electron chi connectivity index (χ2n) is 4.55. The van der Waals surface area contributed by atoms with Crippen molar-refractivity contribution in [2.75, 3.05) is 0 Å². The van der Waals surface area contributed by atoms with Crippen molar-refractivity contribution in [1.82, 2.24) is 0 Å². The molecule has 0 N–H and O–H groups in total. The van der Waals surface area contributed by atoms with E-state index in [-0.39, 0.29) is 0 Å². The van der Waals surface area contributed by atoms with Gasteiger partial charge in [0.25, 0.3) is 0 Å². The molecule has 19 heavy (non-hydrogen) atoms. The Morgan fingerprint density at radius 1 is 1.00 bits per heavy atom. The maximum atomic E-state index is 3.78. The first-order chi connectivity index (χ1) is 9.22. The van der Waals surface area contributed by atoms with Crippen molar-refractivity contribution >= 4 is 16.8 Å². The minimum Gasteiger partial charge on any atom is -0.0990 e. The van der Waals surface area contributed by atoms with Gasteiger partial charge in [-0.2, -0.15) is 0 Å². The summed E-state index contributed by atoms with van der Waals surface area (Å²) >= 11 is 0. The first-order valence-electron chi connectivity index (χ1n) is 6.36. The predicted octanol–water partition coefficient (Wildman–Crippen LogP) is 5.46. The second kappa shape index (κ2) is 6.01. The van der Waals surface area contributed by atoms with Crippen LogP contribution in [-0.4, -0.2) is 0 Å². The van der Waals surface area contributed by atoms with Gasteiger partial charge in [-0.05, 0) is 34.9 Å². The molecule has 0 fully saturated rings. The van der Waals surface area contributed by atoms with E-state index in [0.717, 1.165) is 5.57 Å². The molecule has 0 atom stereocenters. The number of benzene rings is 2. The zero-order chi connectivity index (χ0) is 13.7. The van der Waals surface area contributed by atoms with E-state index in [2.05, 4.69) is 62.6 Å². The van der Waals surface area contributed by atoms with Crippen LogP contribution in [-0.2, 0) is 0 Å². The highest BCUT2D eigenvalue weighted by atomic mass is 14.0. The highest BCUT2D eigenvalue weighted by Crippen LogP contribution is 2.18. The fraction of sp³-hybridized carbons (Fsp3) is 0.0526. The Bertz CT molecular complexity index is 669. The molecular weight excluding hydrogens is 228 g/mol. The normalized spacial score (nSPS) is 11.9. The molecule has 0 heteroatoms. The Hall–Kier alpha value is -2.34. The first kappa shape index (κ1) is 13.1. The topological polar surface area (TPSA) is 0 Å². The molecule has 0 heterocycles. The standard InChI is InChI=1S/C19H18/c1-4-6-16(5-2)8-9-17-10-12-18-13-15(3)7-11-19(18)14-17/h4-14H,1-2H2,3H3/b9-8+,16-6+. The lowest BCUT2D eigenvalue weighted by atomic mass is 10.0. The molecule has 0 saturated carbocycles. The highest BCUT2D eigenvalue weighted by Gasteiger charge is 1.95. The van der Waals surface area contributed by atoms with E-state index in [1.165, 1.54) is 21.9 Å². The van der Waals surface area contributed by atoms with Gasteiger partial charge in [-0.1, -0.05) is 79.4 Å². The molecule has 2 aromatic rings. The van der Waals surface area contributed by atoms with Crippen LogP contribution in [0.5, 0.6) is 0 Å². The third-order valence-electron chi connectivity index (χ3n) is 3.03. The number of hydrogen-bond donors (Lipinski definition) is 0. The van der Waals surface area contributed by atoms with Crippen molar-refractivity contribution in [1.29, 1.82) is 0 Å². The molecule has 0 aliphatic rings. The lowest BCUT2D eigenvalue weighted by molar-refractivity contribution is 1.50. The van der Waals surface area contributed by atoms with Crippen LogP contribution in [0.1, 0.15) is 11.1 Å². The molecule has 0 bridgehead atoms. The van der Waals surface area contributed by atoms with Crippen molar-refractivity contribution in [3.63, 3.8) is 0 Å². The van der Waals surface area contributed by atoms with E-state index in [1.807, 2.05) is 18.2 Å². The van der Waals surface area contributed by atoms with Gasteiger partial charge in [0, 0.05) is 0 Å². The minimum atomic E-state index is 1.05. The fourth-order valence-electron chi connectivity index (χ4n) is 2.01. The summed E-state index contributed by atoms with van der Waals surface area (Å²) in [5.74, 6) is 0. The highest BCUT2D eigenvalue weighted by molar-refractivity contribution is 5.85. The van der Waals surface area contributed by atoms with Crippen LogP contribution in [0.15, 0.2) is 79.4 Å². The Morgan fingerprint density at radius 2 is 1.74 bits per heavy atom. The smallest absolute Gasteiger partial charge is 0.0178 e. The van der Waals surface area contributed by atoms with Crippen LogP contribution in [0, 0.1) is 6.92 Å². The number of allylic oxidation sites excluding steroid dienone is 5. The molecule has 2 aromatic carbocycles. The molecule has 0 aliphatic heterocycles. The number of hydrogen-bond acceptors (Lipinski definition) is 0. The second-order valence-corrected chi connectivity index (χ2v) is 4.55. The molecular formula is C19H18. The van der Waals surface area contributed by atoms with E-state index in [0.29, 0.717) is 0 Å². The van der Waals surface area contributed by atoms with Gasteiger partial charge in [-0.15, -0.1) is 0 Å². The average molecular weight is 246 g/mol. The van der Waals surface area contributed by atoms with Gasteiger partial charge >= 0.3 is 0 Å². The minimum absolute atomic E-state index is 1.05. The van der Waals surface area contributed by atoms with Gasteiger partial charge in [-0.3, -0.25) is 0 Å². The first-order valence-corrected chi connectivity index (χ1v) is 6.36. The Morgan fingerprint density at radius 3 is 2.47 bits per heavy atom. The van der Waals surface area contributed by atoms with Crippen LogP contribution < -0.4 is 0 Å². The zero-order valence-corrected chi connectivity index (χ0v) is 11.3. The van der Waals surface area contributed by atoms with Gasteiger partial charge < -0.3 is 0 Å². The summed E-state index contributed by atoms with van der Waals surface area (Å²) in [6, 6.07) is 13.0. The fourth-order valence-corrected chi connectivity index (χ4v) is 2.01. The summed E-state index contributed by atoms with van der Waals surface area (Å²) in [6.07, 6.45) is 9.67. The van der Waals surface area contributed by atoms with Crippen molar-refractivity contribution in [3.05, 3.63) is 90.6 Å². The van der Waals surface area contributed by atoms with E-state index in [4.69, 9.17) is 0 Å². The van der Waals surface area contributed by atoms with Gasteiger partial charge in [0.05, 0.1) is 0 Å². The van der Waals surface area contributed by atoms with Crippen LogP contribution in [0.4, 0.5) is 0 Å². The summed E-state index contributed by atoms with van der Waals surface area (Å²) in [5, 5.41) is 2.54.